The van der Waals surface area contributed by atoms with E-state index >= 15 is 0 Å². The molecule has 0 heterocycles. The van der Waals surface area contributed by atoms with Crippen LogP contribution >= 0.6 is 15.9 Å². The van der Waals surface area contributed by atoms with Crippen LogP contribution in [0, 0.1) is 0 Å². The first-order chi connectivity index (χ1) is 7.70. The summed E-state index contributed by atoms with van der Waals surface area (Å²) in [4.78, 5) is 10.8. The van der Waals surface area contributed by atoms with E-state index in [1.54, 1.807) is 0 Å². The summed E-state index contributed by atoms with van der Waals surface area (Å²) in [6.07, 6.45) is 6.76. The van der Waals surface area contributed by atoms with Crippen molar-refractivity contribution in [3.05, 3.63) is 0 Å². The number of alkyl halides is 2. The highest BCUT2D eigenvalue weighted by Gasteiger charge is 2.03. The fourth-order valence-electron chi connectivity index (χ4n) is 1.52. The summed E-state index contributed by atoms with van der Waals surface area (Å²) >= 11 is 3.12. The summed E-state index contributed by atoms with van der Waals surface area (Å²) < 4.78 is 17.3. The number of rotatable bonds is 10. The van der Waals surface area contributed by atoms with Crippen LogP contribution in [0.3, 0.4) is 0 Å². The maximum Gasteiger partial charge on any atom is 0.305 e. The molecule has 1 atom stereocenters. The van der Waals surface area contributed by atoms with Gasteiger partial charge in [0.05, 0.1) is 7.11 Å². The lowest BCUT2D eigenvalue weighted by Crippen LogP contribution is -2.00. The second-order valence-corrected chi connectivity index (χ2v) is 4.64. The minimum atomic E-state index is -0.695. The fourth-order valence-corrected chi connectivity index (χ4v) is 1.85. The number of methoxy groups -OCH3 is 1. The molecular formula is C12H22BrFO2. The largest absolute Gasteiger partial charge is 0.469 e. The third-order valence-electron chi connectivity index (χ3n) is 2.54. The number of carbonyl (C=O) groups excluding carboxylic acids is 1. The number of halogens is 2. The first-order valence-electron chi connectivity index (χ1n) is 5.97. The van der Waals surface area contributed by atoms with Crippen molar-refractivity contribution in [2.45, 2.75) is 57.5 Å². The van der Waals surface area contributed by atoms with Crippen molar-refractivity contribution in [2.24, 2.45) is 0 Å². The third kappa shape index (κ3) is 10.4. The van der Waals surface area contributed by atoms with Crippen LogP contribution in [0.5, 0.6) is 0 Å². The Morgan fingerprint density at radius 1 is 1.19 bits per heavy atom. The minimum absolute atomic E-state index is 0.127. The van der Waals surface area contributed by atoms with Crippen LogP contribution in [0.4, 0.5) is 4.39 Å². The van der Waals surface area contributed by atoms with E-state index in [2.05, 4.69) is 20.7 Å². The van der Waals surface area contributed by atoms with Gasteiger partial charge in [-0.05, 0) is 12.8 Å². The molecule has 4 heteroatoms. The molecule has 0 aromatic carbocycles. The fraction of sp³-hybridized carbons (Fsp3) is 0.917. The van der Waals surface area contributed by atoms with E-state index in [0.29, 0.717) is 18.2 Å². The summed E-state index contributed by atoms with van der Waals surface area (Å²) in [5.74, 6) is -0.127. The van der Waals surface area contributed by atoms with Crippen molar-refractivity contribution in [1.29, 1.82) is 0 Å². The lowest BCUT2D eigenvalue weighted by atomic mass is 10.1. The Morgan fingerprint density at radius 2 is 1.75 bits per heavy atom. The van der Waals surface area contributed by atoms with Crippen molar-refractivity contribution in [3.63, 3.8) is 0 Å². The summed E-state index contributed by atoms with van der Waals surface area (Å²) in [5.41, 5.74) is 0. The van der Waals surface area contributed by atoms with E-state index in [0.717, 1.165) is 38.5 Å². The summed E-state index contributed by atoms with van der Waals surface area (Å²) in [5, 5.41) is 0.451. The van der Waals surface area contributed by atoms with Gasteiger partial charge in [-0.15, -0.1) is 0 Å². The molecule has 0 spiro atoms. The molecule has 0 aromatic rings. The molecule has 0 aliphatic carbocycles. The Balaban J connectivity index is 3.07. The Hall–Kier alpha value is -0.120. The maximum atomic E-state index is 12.8. The van der Waals surface area contributed by atoms with Crippen molar-refractivity contribution in [3.8, 4) is 0 Å². The lowest BCUT2D eigenvalue weighted by Gasteiger charge is -2.04. The van der Waals surface area contributed by atoms with Crippen molar-refractivity contribution in [2.75, 3.05) is 12.4 Å². The number of ether oxygens (including phenoxy) is 1. The van der Waals surface area contributed by atoms with Crippen LogP contribution in [-0.4, -0.2) is 24.6 Å². The molecule has 0 rings (SSSR count). The molecule has 0 saturated carbocycles. The van der Waals surface area contributed by atoms with E-state index in [9.17, 15) is 9.18 Å². The van der Waals surface area contributed by atoms with E-state index < -0.39 is 6.17 Å². The second-order valence-electron chi connectivity index (χ2n) is 3.99. The van der Waals surface area contributed by atoms with Crippen molar-refractivity contribution < 1.29 is 13.9 Å². The van der Waals surface area contributed by atoms with Gasteiger partial charge in [0.25, 0.3) is 0 Å². The molecule has 0 bridgehead atoms. The Bertz CT molecular complexity index is 176. The van der Waals surface area contributed by atoms with Gasteiger partial charge >= 0.3 is 5.97 Å². The van der Waals surface area contributed by atoms with Crippen molar-refractivity contribution in [1.82, 2.24) is 0 Å². The Labute approximate surface area is 106 Å². The highest BCUT2D eigenvalue weighted by atomic mass is 79.9. The predicted octanol–water partition coefficient (Wildman–Crippen LogP) is 4.01. The van der Waals surface area contributed by atoms with Gasteiger partial charge in [-0.1, -0.05) is 48.0 Å². The van der Waals surface area contributed by atoms with E-state index in [1.807, 2.05) is 0 Å². The topological polar surface area (TPSA) is 26.3 Å². The Kier molecular flexibility index (Phi) is 11.3. The monoisotopic (exact) mass is 296 g/mol. The quantitative estimate of drug-likeness (QED) is 0.346. The molecule has 0 aliphatic rings. The van der Waals surface area contributed by atoms with Gasteiger partial charge in [0.15, 0.2) is 0 Å². The molecule has 16 heavy (non-hydrogen) atoms. The molecule has 2 nitrogen and oxygen atoms in total. The normalized spacial score (nSPS) is 12.4. The lowest BCUT2D eigenvalue weighted by molar-refractivity contribution is -0.140. The van der Waals surface area contributed by atoms with Gasteiger partial charge in [-0.25, -0.2) is 4.39 Å². The van der Waals surface area contributed by atoms with Crippen LogP contribution in [0.15, 0.2) is 0 Å². The molecule has 1 unspecified atom stereocenters. The van der Waals surface area contributed by atoms with Gasteiger partial charge in [0, 0.05) is 11.8 Å². The smallest absolute Gasteiger partial charge is 0.305 e. The zero-order chi connectivity index (χ0) is 12.2. The SMILES string of the molecule is COC(=O)CCCCCCCCC(F)CBr. The zero-order valence-corrected chi connectivity index (χ0v) is 11.6. The van der Waals surface area contributed by atoms with Crippen molar-refractivity contribution >= 4 is 21.9 Å². The molecular weight excluding hydrogens is 275 g/mol. The van der Waals surface area contributed by atoms with Gasteiger partial charge in [0.2, 0.25) is 0 Å². The number of esters is 1. The summed E-state index contributed by atoms with van der Waals surface area (Å²) in [6, 6.07) is 0. The van der Waals surface area contributed by atoms with Gasteiger partial charge < -0.3 is 4.74 Å². The van der Waals surface area contributed by atoms with Crippen LogP contribution < -0.4 is 0 Å². The highest BCUT2D eigenvalue weighted by molar-refractivity contribution is 9.09. The van der Waals surface area contributed by atoms with Gasteiger partial charge in [0.1, 0.15) is 6.17 Å². The minimum Gasteiger partial charge on any atom is -0.469 e. The number of hydrogen-bond acceptors (Lipinski definition) is 2. The molecule has 0 radical (unpaired) electrons. The molecule has 0 saturated heterocycles. The zero-order valence-electron chi connectivity index (χ0n) is 10.0. The number of hydrogen-bond donors (Lipinski definition) is 0. The van der Waals surface area contributed by atoms with Crippen LogP contribution in [0.1, 0.15) is 51.4 Å². The number of carbonyl (C=O) groups is 1. The maximum absolute atomic E-state index is 12.8. The highest BCUT2D eigenvalue weighted by Crippen LogP contribution is 2.12. The standard InChI is InChI=1S/C12H22BrFO2/c1-16-12(15)9-7-5-3-2-4-6-8-11(14)10-13/h11H,2-10H2,1H3. The molecule has 96 valence electrons. The van der Waals surface area contributed by atoms with E-state index in [-0.39, 0.29) is 5.97 Å². The first-order valence-corrected chi connectivity index (χ1v) is 7.09. The summed E-state index contributed by atoms with van der Waals surface area (Å²) in [6.45, 7) is 0. The molecule has 0 fully saturated rings. The molecule has 0 amide bonds. The summed E-state index contributed by atoms with van der Waals surface area (Å²) in [7, 11) is 1.42. The molecule has 0 N–H and O–H groups in total. The second kappa shape index (κ2) is 11.4. The van der Waals surface area contributed by atoms with E-state index in [1.165, 1.54) is 7.11 Å². The van der Waals surface area contributed by atoms with E-state index in [4.69, 9.17) is 0 Å². The number of unbranched alkanes of at least 4 members (excludes halogenated alkanes) is 5. The predicted molar refractivity (Wildman–Crippen MR) is 67.6 cm³/mol. The average Bonchev–Trinajstić information content (AvgIpc) is 2.31. The average molecular weight is 297 g/mol. The molecule has 0 aliphatic heterocycles. The van der Waals surface area contributed by atoms with Crippen LogP contribution in [0.2, 0.25) is 0 Å². The van der Waals surface area contributed by atoms with Crippen LogP contribution in [-0.2, 0) is 9.53 Å². The third-order valence-corrected chi connectivity index (χ3v) is 3.25. The van der Waals surface area contributed by atoms with Crippen LogP contribution in [0.25, 0.3) is 0 Å². The molecule has 0 aromatic heterocycles. The first kappa shape index (κ1) is 15.9. The van der Waals surface area contributed by atoms with Gasteiger partial charge in [-0.2, -0.15) is 0 Å². The Morgan fingerprint density at radius 3 is 2.31 bits per heavy atom. The van der Waals surface area contributed by atoms with Gasteiger partial charge in [-0.3, -0.25) is 4.79 Å².